The van der Waals surface area contributed by atoms with Gasteiger partial charge in [-0.3, -0.25) is 9.59 Å². The molecule has 7 aliphatic rings. The Hall–Kier alpha value is -3.03. The molecule has 1 spiro atoms. The monoisotopic (exact) mass is 929 g/mol. The molecular formula is C50H76N2O14. The number of rotatable bonds is 9. The van der Waals surface area contributed by atoms with E-state index in [0.717, 1.165) is 18.4 Å². The molecule has 66 heavy (non-hydrogen) atoms. The van der Waals surface area contributed by atoms with E-state index in [0.29, 0.717) is 61.5 Å². The van der Waals surface area contributed by atoms with Crippen molar-refractivity contribution in [3.05, 3.63) is 47.1 Å². The summed E-state index contributed by atoms with van der Waals surface area (Å²) in [6, 6.07) is -0.316. The first-order valence-electron chi connectivity index (χ1n) is 24.2. The number of esters is 1. The maximum Gasteiger partial charge on any atom is 0.316 e. The summed E-state index contributed by atoms with van der Waals surface area (Å²) in [5, 5.41) is 29.2. The average Bonchev–Trinajstić information content (AvgIpc) is 3.61. The number of hydrogen-bond acceptors (Lipinski definition) is 15. The lowest BCUT2D eigenvalue weighted by Crippen LogP contribution is -2.58. The summed E-state index contributed by atoms with van der Waals surface area (Å²) in [5.41, 5.74) is 0.243. The Kier molecular flexibility index (Phi) is 16.4. The number of aliphatic hydroxyl groups is 1. The molecule has 2 bridgehead atoms. The number of carbonyl (C=O) groups is 2. The van der Waals surface area contributed by atoms with Crippen LogP contribution in [0.25, 0.3) is 0 Å². The highest BCUT2D eigenvalue weighted by Gasteiger charge is 2.60. The van der Waals surface area contributed by atoms with Crippen LogP contribution in [0.1, 0.15) is 114 Å². The third kappa shape index (κ3) is 10.6. The zero-order valence-electron chi connectivity index (χ0n) is 40.8. The van der Waals surface area contributed by atoms with Gasteiger partial charge in [0.1, 0.15) is 35.5 Å². The number of hydrogen-bond donors (Lipinski definition) is 3. The van der Waals surface area contributed by atoms with E-state index in [9.17, 15) is 19.9 Å². The maximum atomic E-state index is 14.5. The first kappa shape index (κ1) is 50.8. The second kappa shape index (κ2) is 21.3. The molecule has 3 N–H and O–H groups in total. The normalized spacial score (nSPS) is 46.5. The van der Waals surface area contributed by atoms with Crippen molar-refractivity contribution in [2.24, 2.45) is 28.8 Å². The SMILES string of the molecule is CCC(C)C1OC2(CC[C@H]1C)CC1CC(C/C=C(\C)[C@@H](OC3C[C@@H](OC)[C@H](O[C@H]4C[C@H](OC)[C@H](NC(C)=O)[C@H](C)O4)[C@@H](C)O3)C(C)/C=C/C=C3\COC4/C(=N/O)C(C)=CC(C(=O)O1)[C@]34O)O2. The Morgan fingerprint density at radius 2 is 1.71 bits per heavy atom. The van der Waals surface area contributed by atoms with E-state index in [1.165, 1.54) is 6.92 Å². The van der Waals surface area contributed by atoms with Gasteiger partial charge in [0.15, 0.2) is 18.4 Å². The highest BCUT2D eigenvalue weighted by Crippen LogP contribution is 2.48. The van der Waals surface area contributed by atoms with Gasteiger partial charge in [-0.1, -0.05) is 69.7 Å². The van der Waals surface area contributed by atoms with Gasteiger partial charge in [0.25, 0.3) is 0 Å². The van der Waals surface area contributed by atoms with Gasteiger partial charge in [-0.15, -0.1) is 0 Å². The van der Waals surface area contributed by atoms with Crippen molar-refractivity contribution >= 4 is 17.6 Å². The summed E-state index contributed by atoms with van der Waals surface area (Å²) >= 11 is 0. The number of fused-ring (bicyclic) bond motifs is 2. The van der Waals surface area contributed by atoms with E-state index in [1.807, 2.05) is 32.9 Å². The Balaban J connectivity index is 1.17. The van der Waals surface area contributed by atoms with Crippen LogP contribution in [-0.2, 0) is 57.0 Å². The Bertz CT molecular complexity index is 1880. The van der Waals surface area contributed by atoms with Crippen molar-refractivity contribution in [1.29, 1.82) is 0 Å². The van der Waals surface area contributed by atoms with Gasteiger partial charge in [0, 0.05) is 59.2 Å². The van der Waals surface area contributed by atoms with E-state index in [1.54, 1.807) is 33.3 Å². The lowest BCUT2D eigenvalue weighted by Gasteiger charge is -2.51. The number of amides is 1. The molecule has 1 aliphatic carbocycles. The zero-order valence-corrected chi connectivity index (χ0v) is 40.8. The molecule has 19 atom stereocenters. The average molecular weight is 929 g/mol. The Labute approximate surface area is 390 Å². The van der Waals surface area contributed by atoms with Crippen LogP contribution >= 0.6 is 0 Å². The van der Waals surface area contributed by atoms with E-state index in [4.69, 9.17) is 47.4 Å². The first-order chi connectivity index (χ1) is 31.4. The van der Waals surface area contributed by atoms with Crippen LogP contribution in [0.4, 0.5) is 0 Å². The van der Waals surface area contributed by atoms with Gasteiger partial charge in [-0.25, -0.2) is 0 Å². The van der Waals surface area contributed by atoms with Crippen LogP contribution in [0.5, 0.6) is 0 Å². The largest absolute Gasteiger partial charge is 0.462 e. The van der Waals surface area contributed by atoms with E-state index < -0.39 is 72.5 Å². The van der Waals surface area contributed by atoms with Gasteiger partial charge in [-0.05, 0) is 69.1 Å². The molecule has 0 aromatic heterocycles. The van der Waals surface area contributed by atoms with Crippen molar-refractivity contribution in [1.82, 2.24) is 5.32 Å². The molecule has 0 aromatic carbocycles. The third-order valence-corrected chi connectivity index (χ3v) is 15.3. The lowest BCUT2D eigenvalue weighted by molar-refractivity contribution is -0.340. The molecule has 5 saturated heterocycles. The maximum absolute atomic E-state index is 14.5. The van der Waals surface area contributed by atoms with E-state index >= 15 is 0 Å². The number of methoxy groups -OCH3 is 2. The second-order valence-electron chi connectivity index (χ2n) is 20.0. The number of carbonyl (C=O) groups excluding carboxylic acids is 2. The van der Waals surface area contributed by atoms with Crippen LogP contribution in [0.2, 0.25) is 0 Å². The van der Waals surface area contributed by atoms with E-state index in [2.05, 4.69) is 44.2 Å². The van der Waals surface area contributed by atoms with Crippen molar-refractivity contribution in [2.45, 2.75) is 205 Å². The van der Waals surface area contributed by atoms with Gasteiger partial charge in [0.2, 0.25) is 5.91 Å². The van der Waals surface area contributed by atoms with Crippen molar-refractivity contribution in [3.63, 3.8) is 0 Å². The predicted molar refractivity (Wildman–Crippen MR) is 242 cm³/mol. The number of oxime groups is 1. The molecule has 5 fully saturated rings. The number of allylic oxidation sites excluding steroid dienone is 2. The standard InChI is InChI=1S/C50H76N2O14/c1-12-26(2)45-29(5)18-19-49(66-45)24-36-21-35(65-49)17-16-28(4)44(27(3)14-13-15-34-25-59-47-42(52-56)30(6)20-37(48(54)62-36)50(34,47)55)63-41-23-39(58-11)46(32(8)61-41)64-40-22-38(57-10)43(31(7)60-40)51-33(9)53/h13-16,20,26-27,29,31-32,35-41,43-47,55-56H,12,17-19,21-25H2,1-11H3,(H,51,53)/b14-13+,28-16+,34-15+,52-42+/t26?,27?,29-,31+,32-,35?,36?,37?,38+,39-,40+,41?,43-,44+,45?,46-,47?,49?,50-/m1/s1. The zero-order chi connectivity index (χ0) is 47.7. The molecular weight excluding hydrogens is 853 g/mol. The van der Waals surface area contributed by atoms with Gasteiger partial charge in [0.05, 0.1) is 55.4 Å². The molecule has 6 aliphatic heterocycles. The van der Waals surface area contributed by atoms with Gasteiger partial charge in [-0.2, -0.15) is 0 Å². The Morgan fingerprint density at radius 3 is 2.41 bits per heavy atom. The lowest BCUT2D eigenvalue weighted by atomic mass is 9.71. The van der Waals surface area contributed by atoms with Crippen LogP contribution in [-0.4, -0.2) is 140 Å². The van der Waals surface area contributed by atoms with Crippen molar-refractivity contribution in [3.8, 4) is 0 Å². The molecule has 16 nitrogen and oxygen atoms in total. The third-order valence-electron chi connectivity index (χ3n) is 15.3. The summed E-state index contributed by atoms with van der Waals surface area (Å²) < 4.78 is 64.7. The smallest absolute Gasteiger partial charge is 0.316 e. The summed E-state index contributed by atoms with van der Waals surface area (Å²) in [6.07, 6.45) is 8.27. The Morgan fingerprint density at radius 1 is 1.00 bits per heavy atom. The predicted octanol–water partition coefficient (Wildman–Crippen LogP) is 6.21. The fourth-order valence-electron chi connectivity index (χ4n) is 11.4. The molecule has 1 amide bonds. The quantitative estimate of drug-likeness (QED) is 0.102. The molecule has 9 unspecified atom stereocenters. The minimum atomic E-state index is -1.87. The van der Waals surface area contributed by atoms with Gasteiger partial charge < -0.3 is 63.0 Å². The second-order valence-corrected chi connectivity index (χ2v) is 20.0. The highest BCUT2D eigenvalue weighted by atomic mass is 16.7. The molecule has 0 radical (unpaired) electrons. The van der Waals surface area contributed by atoms with Crippen LogP contribution < -0.4 is 5.32 Å². The number of nitrogens with zero attached hydrogens (tertiary/aromatic N) is 1. The van der Waals surface area contributed by atoms with Crippen molar-refractivity contribution < 1.29 is 67.3 Å². The van der Waals surface area contributed by atoms with Crippen LogP contribution in [0, 0.1) is 23.7 Å². The fourth-order valence-corrected chi connectivity index (χ4v) is 11.4. The molecule has 7 rings (SSSR count). The highest BCUT2D eigenvalue weighted by molar-refractivity contribution is 6.07. The molecule has 16 heteroatoms. The topological polar surface area (TPSA) is 191 Å². The van der Waals surface area contributed by atoms with Crippen LogP contribution in [0.15, 0.2) is 52.3 Å². The number of nitrogens with one attached hydrogen (secondary N) is 1. The minimum Gasteiger partial charge on any atom is -0.462 e. The minimum absolute atomic E-state index is 0.0103. The molecule has 370 valence electrons. The summed E-state index contributed by atoms with van der Waals surface area (Å²) in [6.45, 7) is 17.8. The molecule has 0 saturated carbocycles. The summed E-state index contributed by atoms with van der Waals surface area (Å²) in [7, 11) is 3.27. The van der Waals surface area contributed by atoms with E-state index in [-0.39, 0.29) is 54.6 Å². The summed E-state index contributed by atoms with van der Waals surface area (Å²) in [4.78, 5) is 26.4. The molecule has 0 aromatic rings. The van der Waals surface area contributed by atoms with Gasteiger partial charge >= 0.3 is 5.97 Å². The van der Waals surface area contributed by atoms with Crippen molar-refractivity contribution in [2.75, 3.05) is 20.8 Å². The number of ether oxygens (including phenoxy) is 10. The first-order valence-corrected chi connectivity index (χ1v) is 24.2. The van der Waals surface area contributed by atoms with Crippen LogP contribution in [0.3, 0.4) is 0 Å². The fraction of sp³-hybridized carbons (Fsp3) is 0.780. The summed E-state index contributed by atoms with van der Waals surface area (Å²) in [5.74, 6) is -2.38. The molecule has 6 heterocycles.